The summed E-state index contributed by atoms with van der Waals surface area (Å²) in [6.07, 6.45) is 0. The molecule has 0 spiro atoms. The Balaban J connectivity index is 0.000000110. The molecule has 0 bridgehead atoms. The molecular formula is C95H64Cl4N8. The van der Waals surface area contributed by atoms with Crippen molar-refractivity contribution in [2.75, 3.05) is 0 Å². The third-order valence-electron chi connectivity index (χ3n) is 19.3. The fourth-order valence-corrected chi connectivity index (χ4v) is 14.8. The van der Waals surface area contributed by atoms with Crippen LogP contribution in [0.1, 0.15) is 25.0 Å². The molecule has 1 aliphatic carbocycles. The van der Waals surface area contributed by atoms with Crippen LogP contribution in [-0.4, -0.2) is 39.9 Å². The van der Waals surface area contributed by atoms with Crippen molar-refractivity contribution in [1.82, 2.24) is 39.9 Å². The first-order valence-electron chi connectivity index (χ1n) is 35.0. The Hall–Kier alpha value is -12.4. The molecule has 0 saturated carbocycles. The minimum atomic E-state index is -0.0332. The zero-order chi connectivity index (χ0) is 72.8. The van der Waals surface area contributed by atoms with Crippen molar-refractivity contribution < 1.29 is 0 Å². The van der Waals surface area contributed by atoms with Crippen LogP contribution < -0.4 is 0 Å². The van der Waals surface area contributed by atoms with E-state index in [4.69, 9.17) is 46.4 Å². The van der Waals surface area contributed by atoms with Crippen LogP contribution >= 0.6 is 46.4 Å². The lowest BCUT2D eigenvalue weighted by Gasteiger charge is -2.22. The van der Waals surface area contributed by atoms with E-state index in [1.54, 1.807) is 0 Å². The highest BCUT2D eigenvalue weighted by molar-refractivity contribution is 6.30. The summed E-state index contributed by atoms with van der Waals surface area (Å²) in [5.74, 6) is 0. The molecule has 4 heterocycles. The third kappa shape index (κ3) is 14.9. The number of hydrogen-bond acceptors (Lipinski definition) is 8. The Morgan fingerprint density at radius 1 is 0.187 bits per heavy atom. The standard InChI is InChI=1S/2C26H17ClN2.C23H17ClN2.C20H13ClN2/c27-26-28-24-14-8-7-13-23(24)25(29-26)22-16-20(18-9-3-1-4-10-18)15-21(17-22)19-11-5-2-6-12-19;27-26-28-24-12-5-4-11-23(24)25(29-26)20-15-13-19(14-16-20)22-10-6-9-21(17-22)18-7-2-1-3-8-18;1-23(2)18-9-5-3-7-15(18)16-12-11-14(13-19(16)23)21-17-8-4-6-10-20(17)25-22(24)26-21;21-20-22-18-9-5-4-8-17(18)19(23-20)16-12-10-15(11-13-16)14-6-2-1-3-7-14/h2*1-17H;3-13H,1-2H3;1-13H. The lowest BCUT2D eigenvalue weighted by Crippen LogP contribution is -2.14. The first-order valence-corrected chi connectivity index (χ1v) is 36.6. The molecule has 0 fully saturated rings. The predicted molar refractivity (Wildman–Crippen MR) is 445 cm³/mol. The molecule has 0 atom stereocenters. The average Bonchev–Trinajstić information content (AvgIpc) is 1.60. The van der Waals surface area contributed by atoms with E-state index in [1.807, 2.05) is 133 Å². The number of aromatic nitrogens is 8. The predicted octanol–water partition coefficient (Wildman–Crippen LogP) is 26.4. The molecule has 14 aromatic carbocycles. The van der Waals surface area contributed by atoms with Gasteiger partial charge in [-0.15, -0.1) is 0 Å². The summed E-state index contributed by atoms with van der Waals surface area (Å²) in [6, 6.07) is 121. The fourth-order valence-electron chi connectivity index (χ4n) is 14.1. The van der Waals surface area contributed by atoms with Crippen LogP contribution in [-0.2, 0) is 5.41 Å². The van der Waals surface area contributed by atoms with Gasteiger partial charge in [0, 0.05) is 49.2 Å². The van der Waals surface area contributed by atoms with Gasteiger partial charge in [-0.2, -0.15) is 0 Å². The number of para-hydroxylation sites is 4. The van der Waals surface area contributed by atoms with Crippen molar-refractivity contribution in [3.63, 3.8) is 0 Å². The van der Waals surface area contributed by atoms with Crippen molar-refractivity contribution >= 4 is 90.0 Å². The fraction of sp³-hybridized carbons (Fsp3) is 0.0316. The van der Waals surface area contributed by atoms with Gasteiger partial charge in [-0.1, -0.05) is 311 Å². The highest BCUT2D eigenvalue weighted by Crippen LogP contribution is 2.50. The largest absolute Gasteiger partial charge is 0.223 e. The zero-order valence-electron chi connectivity index (χ0n) is 58.1. The molecular weight excluding hydrogens is 1390 g/mol. The molecule has 8 nitrogen and oxygen atoms in total. The van der Waals surface area contributed by atoms with E-state index < -0.39 is 0 Å². The second-order valence-electron chi connectivity index (χ2n) is 26.4. The maximum absolute atomic E-state index is 6.27. The summed E-state index contributed by atoms with van der Waals surface area (Å²) in [5, 5.41) is 5.07. The van der Waals surface area contributed by atoms with Gasteiger partial charge in [0.1, 0.15) is 0 Å². The molecule has 0 unspecified atom stereocenters. The first kappa shape index (κ1) is 69.0. The second kappa shape index (κ2) is 30.7. The number of rotatable bonds is 9. The van der Waals surface area contributed by atoms with E-state index in [1.165, 1.54) is 50.1 Å². The Bertz CT molecular complexity index is 6210. The van der Waals surface area contributed by atoms with E-state index in [-0.39, 0.29) is 26.5 Å². The monoisotopic (exact) mass is 1460 g/mol. The van der Waals surface area contributed by atoms with Crippen molar-refractivity contribution in [2.24, 2.45) is 0 Å². The zero-order valence-corrected chi connectivity index (χ0v) is 61.1. The second-order valence-corrected chi connectivity index (χ2v) is 27.7. The topological polar surface area (TPSA) is 103 Å². The van der Waals surface area contributed by atoms with E-state index in [0.29, 0.717) is 0 Å². The normalized spacial score (nSPS) is 11.7. The van der Waals surface area contributed by atoms with Crippen LogP contribution in [0, 0.1) is 0 Å². The molecule has 0 N–H and O–H groups in total. The summed E-state index contributed by atoms with van der Waals surface area (Å²) in [4.78, 5) is 35.4. The molecule has 4 aromatic heterocycles. The Morgan fingerprint density at radius 3 is 0.860 bits per heavy atom. The average molecular weight is 1460 g/mol. The first-order chi connectivity index (χ1) is 52.4. The van der Waals surface area contributed by atoms with Gasteiger partial charge in [-0.05, 0) is 179 Å². The van der Waals surface area contributed by atoms with Crippen molar-refractivity contribution in [3.05, 3.63) is 384 Å². The summed E-state index contributed by atoms with van der Waals surface area (Å²) in [7, 11) is 0. The molecule has 0 amide bonds. The maximum Gasteiger partial charge on any atom is 0.223 e. The maximum atomic E-state index is 6.27. The van der Waals surface area contributed by atoms with Crippen LogP contribution in [0.4, 0.5) is 0 Å². The lowest BCUT2D eigenvalue weighted by molar-refractivity contribution is 0.660. The van der Waals surface area contributed by atoms with Gasteiger partial charge in [0.2, 0.25) is 21.1 Å². The van der Waals surface area contributed by atoms with Crippen molar-refractivity contribution in [3.8, 4) is 112 Å². The molecule has 12 heteroatoms. The van der Waals surface area contributed by atoms with E-state index in [0.717, 1.165) is 116 Å². The van der Waals surface area contributed by atoms with Crippen LogP contribution in [0.5, 0.6) is 0 Å². The molecule has 19 rings (SSSR count). The highest BCUT2D eigenvalue weighted by atomic mass is 35.5. The van der Waals surface area contributed by atoms with Crippen LogP contribution in [0.25, 0.3) is 155 Å². The lowest BCUT2D eigenvalue weighted by atomic mass is 9.82. The van der Waals surface area contributed by atoms with Gasteiger partial charge < -0.3 is 0 Å². The van der Waals surface area contributed by atoms with Crippen LogP contribution in [0.2, 0.25) is 21.1 Å². The number of nitrogens with zero attached hydrogens (tertiary/aromatic N) is 8. The molecule has 1 aliphatic rings. The summed E-state index contributed by atoms with van der Waals surface area (Å²) in [5.41, 5.74) is 28.1. The van der Waals surface area contributed by atoms with Gasteiger partial charge in [0.05, 0.1) is 44.8 Å². The quantitative estimate of drug-likeness (QED) is 0.132. The molecule has 0 radical (unpaired) electrons. The van der Waals surface area contributed by atoms with Gasteiger partial charge in [-0.3, -0.25) is 0 Å². The van der Waals surface area contributed by atoms with Gasteiger partial charge in [-0.25, -0.2) is 39.9 Å². The Labute approximate surface area is 640 Å². The SMILES string of the molecule is CC1(C)c2ccccc2-c2ccc(-c3nc(Cl)nc4ccccc34)cc21.Clc1nc(-c2cc(-c3ccccc3)cc(-c3ccccc3)c2)c2ccccc2n1.Clc1nc(-c2ccc(-c3cccc(-c4ccccc4)c3)cc2)c2ccccc2n1.Clc1nc(-c2ccc(-c3ccccc3)cc2)c2ccccc2n1. The van der Waals surface area contributed by atoms with Crippen LogP contribution in [0.15, 0.2) is 352 Å². The van der Waals surface area contributed by atoms with E-state index >= 15 is 0 Å². The summed E-state index contributed by atoms with van der Waals surface area (Å²) < 4.78 is 0. The number of benzene rings is 14. The molecule has 107 heavy (non-hydrogen) atoms. The number of hydrogen-bond donors (Lipinski definition) is 0. The Kier molecular flexibility index (Phi) is 19.8. The summed E-state index contributed by atoms with van der Waals surface area (Å²) >= 11 is 24.7. The van der Waals surface area contributed by atoms with E-state index in [2.05, 4.69) is 272 Å². The third-order valence-corrected chi connectivity index (χ3v) is 20.0. The molecule has 18 aromatic rings. The van der Waals surface area contributed by atoms with E-state index in [9.17, 15) is 0 Å². The minimum absolute atomic E-state index is 0.0332. The Morgan fingerprint density at radius 2 is 0.449 bits per heavy atom. The van der Waals surface area contributed by atoms with Crippen molar-refractivity contribution in [2.45, 2.75) is 19.3 Å². The smallest absolute Gasteiger partial charge is 0.218 e. The molecule has 0 saturated heterocycles. The van der Waals surface area contributed by atoms with Gasteiger partial charge in [0.25, 0.3) is 0 Å². The minimum Gasteiger partial charge on any atom is -0.218 e. The van der Waals surface area contributed by atoms with Crippen LogP contribution in [0.3, 0.4) is 0 Å². The van der Waals surface area contributed by atoms with Crippen molar-refractivity contribution in [1.29, 1.82) is 0 Å². The van der Waals surface area contributed by atoms with Gasteiger partial charge in [0.15, 0.2) is 0 Å². The number of halogens is 4. The molecule has 0 aliphatic heterocycles. The van der Waals surface area contributed by atoms with Gasteiger partial charge >= 0.3 is 0 Å². The molecule has 512 valence electrons. The highest BCUT2D eigenvalue weighted by Gasteiger charge is 2.35. The number of fused-ring (bicyclic) bond motifs is 7. The summed E-state index contributed by atoms with van der Waals surface area (Å²) in [6.45, 7) is 4.57.